The molecule has 18 heavy (non-hydrogen) atoms. The number of thiophene rings is 1. The lowest BCUT2D eigenvalue weighted by Crippen LogP contribution is -2.10. The topological polar surface area (TPSA) is 68.5 Å². The second-order valence-corrected chi connectivity index (χ2v) is 4.73. The van der Waals surface area contributed by atoms with Crippen LogP contribution in [-0.4, -0.2) is 31.3 Å². The third kappa shape index (κ3) is 2.04. The number of hydrogen-bond donors (Lipinski definition) is 1. The lowest BCUT2D eigenvalue weighted by Gasteiger charge is -2.05. The first-order valence-corrected chi connectivity index (χ1v) is 6.47. The highest BCUT2D eigenvalue weighted by Gasteiger charge is 2.05. The largest absolute Gasteiger partial charge is 0.369 e. The smallest absolute Gasteiger partial charge is 0.138 e. The molecule has 7 heteroatoms. The summed E-state index contributed by atoms with van der Waals surface area (Å²) in [5.74, 6) is 1.83. The maximum Gasteiger partial charge on any atom is 0.138 e. The second kappa shape index (κ2) is 4.69. The number of aryl methyl sites for hydroxylation is 1. The summed E-state index contributed by atoms with van der Waals surface area (Å²) in [4.78, 5) is 13.7. The highest BCUT2D eigenvalue weighted by molar-refractivity contribution is 7.16. The summed E-state index contributed by atoms with van der Waals surface area (Å²) in [6, 6.07) is 2.03. The summed E-state index contributed by atoms with van der Waals surface area (Å²) in [6.07, 6.45) is 3.97. The molecule has 3 aromatic rings. The zero-order valence-corrected chi connectivity index (χ0v) is 10.7. The molecule has 0 saturated carbocycles. The van der Waals surface area contributed by atoms with Crippen LogP contribution in [0, 0.1) is 0 Å². The zero-order valence-electron chi connectivity index (χ0n) is 9.87. The van der Waals surface area contributed by atoms with Crippen molar-refractivity contribution in [3.05, 3.63) is 29.9 Å². The molecular weight excluding hydrogens is 248 g/mol. The summed E-state index contributed by atoms with van der Waals surface area (Å²) >= 11 is 1.62. The predicted octanol–water partition coefficient (Wildman–Crippen LogP) is 1.47. The van der Waals surface area contributed by atoms with E-state index in [9.17, 15) is 0 Å². The SMILES string of the molecule is Cn1ncnc1CCNc1ncnc2sccc12. The van der Waals surface area contributed by atoms with Crippen molar-refractivity contribution < 1.29 is 0 Å². The molecule has 0 fully saturated rings. The monoisotopic (exact) mass is 260 g/mol. The number of nitrogens with zero attached hydrogens (tertiary/aromatic N) is 5. The van der Waals surface area contributed by atoms with Crippen LogP contribution in [0.2, 0.25) is 0 Å². The molecule has 3 rings (SSSR count). The summed E-state index contributed by atoms with van der Waals surface area (Å²) in [5, 5.41) is 10.4. The molecule has 92 valence electrons. The van der Waals surface area contributed by atoms with Crippen LogP contribution >= 0.6 is 11.3 Å². The maximum absolute atomic E-state index is 4.26. The molecule has 0 aliphatic rings. The maximum atomic E-state index is 4.26. The Morgan fingerprint density at radius 3 is 3.06 bits per heavy atom. The van der Waals surface area contributed by atoms with Crippen molar-refractivity contribution in [3.63, 3.8) is 0 Å². The van der Waals surface area contributed by atoms with Crippen LogP contribution in [0.15, 0.2) is 24.1 Å². The predicted molar refractivity (Wildman–Crippen MR) is 70.6 cm³/mol. The van der Waals surface area contributed by atoms with E-state index in [-0.39, 0.29) is 0 Å². The fourth-order valence-corrected chi connectivity index (χ4v) is 2.50. The van der Waals surface area contributed by atoms with Gasteiger partial charge in [-0.05, 0) is 11.4 Å². The van der Waals surface area contributed by atoms with E-state index in [0.29, 0.717) is 0 Å². The van der Waals surface area contributed by atoms with E-state index in [1.807, 2.05) is 18.5 Å². The minimum Gasteiger partial charge on any atom is -0.369 e. The Labute approximate surface area is 108 Å². The molecule has 0 spiro atoms. The van der Waals surface area contributed by atoms with Crippen LogP contribution in [0.25, 0.3) is 10.2 Å². The molecule has 0 aromatic carbocycles. The van der Waals surface area contributed by atoms with E-state index >= 15 is 0 Å². The van der Waals surface area contributed by atoms with Crippen molar-refractivity contribution in [2.75, 3.05) is 11.9 Å². The van der Waals surface area contributed by atoms with Gasteiger partial charge in [-0.3, -0.25) is 4.68 Å². The van der Waals surface area contributed by atoms with E-state index < -0.39 is 0 Å². The average Bonchev–Trinajstić information content (AvgIpc) is 2.99. The Balaban J connectivity index is 1.70. The molecule has 3 heterocycles. The van der Waals surface area contributed by atoms with Gasteiger partial charge in [-0.25, -0.2) is 15.0 Å². The summed E-state index contributed by atoms with van der Waals surface area (Å²) in [5.41, 5.74) is 0. The van der Waals surface area contributed by atoms with Crippen molar-refractivity contribution in [3.8, 4) is 0 Å². The van der Waals surface area contributed by atoms with E-state index in [1.54, 1.807) is 28.7 Å². The minimum atomic E-state index is 0.772. The first-order chi connectivity index (χ1) is 8.84. The Hall–Kier alpha value is -2.02. The van der Waals surface area contributed by atoms with Crippen molar-refractivity contribution in [1.29, 1.82) is 0 Å². The molecule has 0 amide bonds. The van der Waals surface area contributed by atoms with E-state index in [2.05, 4.69) is 25.4 Å². The van der Waals surface area contributed by atoms with Gasteiger partial charge in [-0.1, -0.05) is 0 Å². The van der Waals surface area contributed by atoms with Crippen LogP contribution in [0.4, 0.5) is 5.82 Å². The Kier molecular flexibility index (Phi) is 2.89. The lowest BCUT2D eigenvalue weighted by molar-refractivity contribution is 0.701. The van der Waals surface area contributed by atoms with Crippen LogP contribution in [0.5, 0.6) is 0 Å². The van der Waals surface area contributed by atoms with Gasteiger partial charge in [-0.15, -0.1) is 11.3 Å². The average molecular weight is 260 g/mol. The van der Waals surface area contributed by atoms with Gasteiger partial charge in [0.05, 0.1) is 5.39 Å². The van der Waals surface area contributed by atoms with Gasteiger partial charge in [-0.2, -0.15) is 5.10 Å². The Bertz CT molecular complexity index is 658. The molecular formula is C11H12N6S. The van der Waals surface area contributed by atoms with E-state index in [0.717, 1.165) is 34.8 Å². The summed E-state index contributed by atoms with van der Waals surface area (Å²) < 4.78 is 1.78. The number of rotatable bonds is 4. The highest BCUT2D eigenvalue weighted by atomic mass is 32.1. The zero-order chi connectivity index (χ0) is 12.4. The van der Waals surface area contributed by atoms with Crippen molar-refractivity contribution in [2.45, 2.75) is 6.42 Å². The van der Waals surface area contributed by atoms with Crippen LogP contribution in [0.1, 0.15) is 5.82 Å². The third-order valence-electron chi connectivity index (χ3n) is 2.71. The summed E-state index contributed by atoms with van der Waals surface area (Å²) in [6.45, 7) is 0.772. The standard InChI is InChI=1S/C11H12N6S/c1-17-9(13-7-16-17)2-4-12-10-8-3-5-18-11(8)15-6-14-10/h3,5-7H,2,4H2,1H3,(H,12,14,15). The number of hydrogen-bond acceptors (Lipinski definition) is 6. The fourth-order valence-electron chi connectivity index (χ4n) is 1.77. The van der Waals surface area contributed by atoms with Crippen molar-refractivity contribution >= 4 is 27.4 Å². The lowest BCUT2D eigenvalue weighted by atomic mass is 10.3. The molecule has 0 saturated heterocycles. The number of nitrogens with one attached hydrogen (secondary N) is 1. The van der Waals surface area contributed by atoms with Crippen LogP contribution in [0.3, 0.4) is 0 Å². The van der Waals surface area contributed by atoms with Crippen molar-refractivity contribution in [2.24, 2.45) is 7.05 Å². The van der Waals surface area contributed by atoms with Gasteiger partial charge in [0, 0.05) is 20.0 Å². The first kappa shape index (κ1) is 11.1. The molecule has 1 N–H and O–H groups in total. The molecule has 0 atom stereocenters. The molecule has 0 bridgehead atoms. The van der Waals surface area contributed by atoms with Gasteiger partial charge in [0.2, 0.25) is 0 Å². The first-order valence-electron chi connectivity index (χ1n) is 5.59. The Morgan fingerprint density at radius 1 is 1.28 bits per heavy atom. The van der Waals surface area contributed by atoms with E-state index in [1.165, 1.54) is 0 Å². The summed E-state index contributed by atoms with van der Waals surface area (Å²) in [7, 11) is 1.89. The molecule has 0 unspecified atom stereocenters. The van der Waals surface area contributed by atoms with Crippen molar-refractivity contribution in [1.82, 2.24) is 24.7 Å². The molecule has 0 aliphatic carbocycles. The molecule has 0 aliphatic heterocycles. The Morgan fingerprint density at radius 2 is 2.22 bits per heavy atom. The third-order valence-corrected chi connectivity index (χ3v) is 3.53. The van der Waals surface area contributed by atoms with Gasteiger partial charge in [0.1, 0.15) is 29.1 Å². The van der Waals surface area contributed by atoms with Gasteiger partial charge < -0.3 is 5.32 Å². The van der Waals surface area contributed by atoms with Crippen LogP contribution < -0.4 is 5.32 Å². The van der Waals surface area contributed by atoms with Gasteiger partial charge in [0.15, 0.2) is 0 Å². The van der Waals surface area contributed by atoms with Crippen LogP contribution in [-0.2, 0) is 13.5 Å². The highest BCUT2D eigenvalue weighted by Crippen LogP contribution is 2.23. The number of anilines is 1. The van der Waals surface area contributed by atoms with E-state index in [4.69, 9.17) is 0 Å². The van der Waals surface area contributed by atoms with Gasteiger partial charge in [0.25, 0.3) is 0 Å². The molecule has 0 radical (unpaired) electrons. The number of aromatic nitrogens is 5. The minimum absolute atomic E-state index is 0.772. The normalized spacial score (nSPS) is 10.9. The fraction of sp³-hybridized carbons (Fsp3) is 0.273. The second-order valence-electron chi connectivity index (χ2n) is 3.84. The molecule has 6 nitrogen and oxygen atoms in total. The number of fused-ring (bicyclic) bond motifs is 1. The quantitative estimate of drug-likeness (QED) is 0.769. The molecule has 3 aromatic heterocycles. The van der Waals surface area contributed by atoms with Gasteiger partial charge >= 0.3 is 0 Å².